The summed E-state index contributed by atoms with van der Waals surface area (Å²) in [6.45, 7) is -0.707. The fourth-order valence-corrected chi connectivity index (χ4v) is 2.35. The number of halogens is 15. The summed E-state index contributed by atoms with van der Waals surface area (Å²) in [6, 6.07) is 0.543. The second kappa shape index (κ2) is 11.8. The molecule has 1 rings (SSSR count). The molecule has 1 aromatic rings. The molecule has 0 heterocycles. The molecule has 7 nitrogen and oxygen atoms in total. The molecule has 0 saturated carbocycles. The Bertz CT molecular complexity index is 1130. The normalized spacial score (nSPS) is 14.3. The molecule has 0 saturated heterocycles. The predicted octanol–water partition coefficient (Wildman–Crippen LogP) is 5.28. The van der Waals surface area contributed by atoms with Gasteiger partial charge in [-0.25, -0.2) is 9.59 Å². The van der Waals surface area contributed by atoms with Crippen molar-refractivity contribution in [1.82, 2.24) is 5.32 Å². The number of nitrogens with one attached hydrogen (secondary N) is 1. The van der Waals surface area contributed by atoms with Gasteiger partial charge in [0.05, 0.1) is 6.10 Å². The molecule has 1 aromatic carbocycles. The summed E-state index contributed by atoms with van der Waals surface area (Å²) in [4.78, 5) is 34.1. The minimum absolute atomic E-state index is 0.0348. The molecule has 1 unspecified atom stereocenters. The van der Waals surface area contributed by atoms with Crippen LogP contribution in [0.25, 0.3) is 0 Å². The van der Waals surface area contributed by atoms with Crippen LogP contribution < -0.4 is 14.8 Å². The van der Waals surface area contributed by atoms with Crippen molar-refractivity contribution in [3.8, 4) is 11.5 Å². The van der Waals surface area contributed by atoms with Crippen LogP contribution in [-0.4, -0.2) is 67.3 Å². The predicted molar refractivity (Wildman–Crippen MR) is 98.1 cm³/mol. The van der Waals surface area contributed by atoms with Gasteiger partial charge in [0.25, 0.3) is 5.91 Å². The Morgan fingerprint density at radius 1 is 0.683 bits per heavy atom. The molecule has 1 amide bonds. The van der Waals surface area contributed by atoms with Crippen LogP contribution in [0, 0.1) is 0 Å². The van der Waals surface area contributed by atoms with Crippen LogP contribution in [0.5, 0.6) is 11.5 Å². The third-order valence-corrected chi connectivity index (χ3v) is 4.43. The molecule has 0 aromatic heterocycles. The SMILES string of the molecule is CCOC(CNC(=O)C(F)(F)C(F)(F)F)c1ccc(OC(=O)C(F)(F)C(F)(F)F)c(OC(=O)C(F)(F)C(F)(F)F)c1. The fraction of sp³-hybridized carbons (Fsp3) is 0.526. The van der Waals surface area contributed by atoms with Crippen molar-refractivity contribution in [1.29, 1.82) is 0 Å². The van der Waals surface area contributed by atoms with Crippen molar-refractivity contribution in [2.24, 2.45) is 0 Å². The zero-order valence-corrected chi connectivity index (χ0v) is 19.3. The van der Waals surface area contributed by atoms with Gasteiger partial charge in [-0.05, 0) is 24.6 Å². The van der Waals surface area contributed by atoms with Crippen LogP contribution in [0.4, 0.5) is 65.9 Å². The molecule has 0 spiro atoms. The molecule has 41 heavy (non-hydrogen) atoms. The van der Waals surface area contributed by atoms with Crippen LogP contribution >= 0.6 is 0 Å². The number of alkyl halides is 15. The van der Waals surface area contributed by atoms with Gasteiger partial charge in [0.15, 0.2) is 11.5 Å². The highest BCUT2D eigenvalue weighted by molar-refractivity contribution is 5.85. The van der Waals surface area contributed by atoms with Crippen molar-refractivity contribution in [2.75, 3.05) is 13.2 Å². The quantitative estimate of drug-likeness (QED) is 0.214. The van der Waals surface area contributed by atoms with Gasteiger partial charge in [0.2, 0.25) is 0 Å². The van der Waals surface area contributed by atoms with E-state index < -0.39 is 90.5 Å². The van der Waals surface area contributed by atoms with Crippen molar-refractivity contribution < 1.29 is 94.5 Å². The maximum Gasteiger partial charge on any atom is 0.465 e. The lowest BCUT2D eigenvalue weighted by Crippen LogP contribution is -2.51. The second-order valence-electron chi connectivity index (χ2n) is 7.36. The van der Waals surface area contributed by atoms with E-state index in [0.717, 1.165) is 12.2 Å². The Hall–Kier alpha value is -3.46. The standard InChI is InChI=1S/C19H12F15NO6/c1-2-39-10(6-35-11(36)14(20,21)17(26,27)28)7-3-4-8(40-12(37)15(22,23)18(29,30)31)9(5-7)41-13(38)16(24,25)19(32,33)34/h3-5,10H,2,6H2,1H3,(H,35,36). The Kier molecular flexibility index (Phi) is 10.2. The lowest BCUT2D eigenvalue weighted by Gasteiger charge is -2.23. The Labute approximate surface area is 216 Å². The van der Waals surface area contributed by atoms with E-state index >= 15 is 0 Å². The van der Waals surface area contributed by atoms with E-state index in [1.807, 2.05) is 0 Å². The molecule has 0 aliphatic heterocycles. The maximum absolute atomic E-state index is 13.3. The van der Waals surface area contributed by atoms with Crippen LogP contribution in [0.1, 0.15) is 18.6 Å². The number of rotatable bonds is 10. The van der Waals surface area contributed by atoms with Gasteiger partial charge in [-0.3, -0.25) is 4.79 Å². The molecule has 0 radical (unpaired) electrons. The van der Waals surface area contributed by atoms with Crippen molar-refractivity contribution in [3.63, 3.8) is 0 Å². The lowest BCUT2D eigenvalue weighted by atomic mass is 10.1. The van der Waals surface area contributed by atoms with Crippen molar-refractivity contribution in [3.05, 3.63) is 23.8 Å². The number of carbonyl (C=O) groups excluding carboxylic acids is 3. The summed E-state index contributed by atoms with van der Waals surface area (Å²) in [5.74, 6) is -32.3. The number of benzene rings is 1. The monoisotopic (exact) mass is 635 g/mol. The van der Waals surface area contributed by atoms with Crippen LogP contribution in [-0.2, 0) is 19.1 Å². The Balaban J connectivity index is 3.53. The van der Waals surface area contributed by atoms with Crippen molar-refractivity contribution >= 4 is 17.8 Å². The molecular formula is C19H12F15NO6. The zero-order valence-electron chi connectivity index (χ0n) is 19.3. The highest BCUT2D eigenvalue weighted by atomic mass is 19.4. The summed E-state index contributed by atoms with van der Waals surface area (Å²) in [7, 11) is 0. The van der Waals surface area contributed by atoms with Gasteiger partial charge < -0.3 is 19.5 Å². The second-order valence-corrected chi connectivity index (χ2v) is 7.36. The topological polar surface area (TPSA) is 90.9 Å². The number of hydrogen-bond donors (Lipinski definition) is 1. The van der Waals surface area contributed by atoms with Crippen LogP contribution in [0.3, 0.4) is 0 Å². The summed E-state index contributed by atoms with van der Waals surface area (Å²) < 4.78 is 203. The summed E-state index contributed by atoms with van der Waals surface area (Å²) in [5, 5.41) is 1.08. The summed E-state index contributed by atoms with van der Waals surface area (Å²) in [6.07, 6.45) is -21.6. The molecule has 22 heteroatoms. The van der Waals surface area contributed by atoms with E-state index in [1.165, 1.54) is 0 Å². The van der Waals surface area contributed by atoms with E-state index in [0.29, 0.717) is 6.07 Å². The number of carbonyl (C=O) groups is 3. The smallest absolute Gasteiger partial charge is 0.418 e. The van der Waals surface area contributed by atoms with E-state index in [-0.39, 0.29) is 12.1 Å². The molecule has 1 atom stereocenters. The number of hydrogen-bond acceptors (Lipinski definition) is 6. The van der Waals surface area contributed by atoms with Gasteiger partial charge in [0.1, 0.15) is 0 Å². The third-order valence-electron chi connectivity index (χ3n) is 4.43. The van der Waals surface area contributed by atoms with Crippen LogP contribution in [0.15, 0.2) is 18.2 Å². The first-order chi connectivity index (χ1) is 18.2. The van der Waals surface area contributed by atoms with E-state index in [2.05, 4.69) is 9.47 Å². The number of esters is 2. The third kappa shape index (κ3) is 7.85. The van der Waals surface area contributed by atoms with Gasteiger partial charge in [-0.15, -0.1) is 0 Å². The maximum atomic E-state index is 13.3. The highest BCUT2D eigenvalue weighted by Gasteiger charge is 2.66. The van der Waals surface area contributed by atoms with E-state index in [9.17, 15) is 80.2 Å². The largest absolute Gasteiger partial charge is 0.465 e. The van der Waals surface area contributed by atoms with Gasteiger partial charge in [-0.2, -0.15) is 65.9 Å². The number of ether oxygens (including phenoxy) is 3. The summed E-state index contributed by atoms with van der Waals surface area (Å²) in [5.41, 5.74) is -0.775. The molecule has 234 valence electrons. The first kappa shape index (κ1) is 35.6. The van der Waals surface area contributed by atoms with E-state index in [1.54, 1.807) is 0 Å². The minimum Gasteiger partial charge on any atom is -0.418 e. The van der Waals surface area contributed by atoms with E-state index in [4.69, 9.17) is 4.74 Å². The average molecular weight is 635 g/mol. The highest BCUT2D eigenvalue weighted by Crippen LogP contribution is 2.41. The molecule has 0 aliphatic carbocycles. The minimum atomic E-state index is -6.65. The lowest BCUT2D eigenvalue weighted by molar-refractivity contribution is -0.277. The molecule has 0 bridgehead atoms. The molecule has 0 aliphatic rings. The molecule has 0 fully saturated rings. The molecule has 1 N–H and O–H groups in total. The van der Waals surface area contributed by atoms with Crippen LogP contribution in [0.2, 0.25) is 0 Å². The van der Waals surface area contributed by atoms with Crippen molar-refractivity contribution in [2.45, 2.75) is 49.3 Å². The Morgan fingerprint density at radius 3 is 1.49 bits per heavy atom. The molecular weight excluding hydrogens is 623 g/mol. The first-order valence-corrected chi connectivity index (χ1v) is 10.0. The van der Waals surface area contributed by atoms with Gasteiger partial charge in [-0.1, -0.05) is 6.07 Å². The van der Waals surface area contributed by atoms with Gasteiger partial charge >= 0.3 is 48.2 Å². The Morgan fingerprint density at radius 2 is 1.10 bits per heavy atom. The van der Waals surface area contributed by atoms with Gasteiger partial charge in [0, 0.05) is 13.2 Å². The fourth-order valence-electron chi connectivity index (χ4n) is 2.35. The number of amides is 1. The average Bonchev–Trinajstić information content (AvgIpc) is 2.80. The zero-order chi connectivity index (χ0) is 32.4. The first-order valence-electron chi connectivity index (χ1n) is 10.0. The summed E-state index contributed by atoms with van der Waals surface area (Å²) >= 11 is 0.